The van der Waals surface area contributed by atoms with E-state index in [4.69, 9.17) is 10.1 Å². The quantitative estimate of drug-likeness (QED) is 0.376. The Bertz CT molecular complexity index is 1480. The highest BCUT2D eigenvalue weighted by molar-refractivity contribution is 7.72. The number of aliphatic imine (C=N–C) groups is 1. The molecule has 0 spiro atoms. The summed E-state index contributed by atoms with van der Waals surface area (Å²) < 4.78 is 33.0. The molecule has 8 heteroatoms. The van der Waals surface area contributed by atoms with Gasteiger partial charge in [0.05, 0.1) is 16.9 Å². The molecule has 5 rings (SSSR count). The van der Waals surface area contributed by atoms with Crippen molar-refractivity contribution in [3.63, 3.8) is 0 Å². The van der Waals surface area contributed by atoms with E-state index in [0.717, 1.165) is 16.8 Å². The molecule has 0 saturated heterocycles. The summed E-state index contributed by atoms with van der Waals surface area (Å²) in [5, 5.41) is 8.49. The molecule has 0 fully saturated rings. The second kappa shape index (κ2) is 8.26. The highest BCUT2D eigenvalue weighted by Crippen LogP contribution is 2.54. The minimum Gasteiger partial charge on any atom is -0.317 e. The number of amidine groups is 1. The Balaban J connectivity index is 1.76. The minimum absolute atomic E-state index is 0.274. The molecule has 1 aromatic heterocycles. The van der Waals surface area contributed by atoms with Crippen molar-refractivity contribution in [1.29, 1.82) is 0 Å². The van der Waals surface area contributed by atoms with Crippen LogP contribution in [0.15, 0.2) is 77.8 Å². The van der Waals surface area contributed by atoms with E-state index in [-0.39, 0.29) is 11.4 Å². The molecule has 6 nitrogen and oxygen atoms in total. The molecule has 0 amide bonds. The first-order valence-electron chi connectivity index (χ1n) is 11.0. The van der Waals surface area contributed by atoms with Crippen LogP contribution in [0, 0.1) is 26.6 Å². The van der Waals surface area contributed by atoms with E-state index in [1.165, 1.54) is 6.07 Å². The number of hydrogen-bond acceptors (Lipinski definition) is 3. The van der Waals surface area contributed by atoms with Gasteiger partial charge >= 0.3 is 0 Å². The van der Waals surface area contributed by atoms with Crippen LogP contribution in [-0.2, 0) is 4.57 Å². The molecule has 3 aromatic carbocycles. The fraction of sp³-hybridized carbons (Fsp3) is 0.154. The van der Waals surface area contributed by atoms with Gasteiger partial charge in [-0.2, -0.15) is 5.10 Å². The number of rotatable bonds is 4. The fourth-order valence-corrected chi connectivity index (χ4v) is 6.53. The Labute approximate surface area is 198 Å². The third-order valence-electron chi connectivity index (χ3n) is 6.15. The van der Waals surface area contributed by atoms with E-state index < -0.39 is 13.3 Å². The van der Waals surface area contributed by atoms with Gasteiger partial charge in [-0.05, 0) is 68.3 Å². The molecule has 4 aromatic rings. The van der Waals surface area contributed by atoms with Crippen molar-refractivity contribution in [2.24, 2.45) is 4.99 Å². The Morgan fingerprint density at radius 2 is 1.62 bits per heavy atom. The number of anilines is 1. The SMILES string of the molecule is Cc1ccc(N[P@@]2(=O)c3c(C)nn(-c4ccccc4)c3N=C(c3ccccc3F)N2C)cc1C. The van der Waals surface area contributed by atoms with Crippen LogP contribution < -0.4 is 10.4 Å². The van der Waals surface area contributed by atoms with Gasteiger partial charge in [0.25, 0.3) is 7.44 Å². The van der Waals surface area contributed by atoms with Gasteiger partial charge in [0, 0.05) is 12.7 Å². The topological polar surface area (TPSA) is 62.5 Å². The summed E-state index contributed by atoms with van der Waals surface area (Å²) in [5.74, 6) is 0.277. The van der Waals surface area contributed by atoms with Crippen LogP contribution in [-0.4, -0.2) is 27.3 Å². The molecule has 0 aliphatic carbocycles. The monoisotopic (exact) mass is 473 g/mol. The molecule has 0 unspecified atom stereocenters. The molecule has 1 aliphatic rings. The minimum atomic E-state index is -3.53. The Kier molecular flexibility index (Phi) is 5.37. The van der Waals surface area contributed by atoms with Crippen LogP contribution in [0.25, 0.3) is 5.69 Å². The van der Waals surface area contributed by atoms with E-state index in [1.54, 1.807) is 34.6 Å². The predicted molar refractivity (Wildman–Crippen MR) is 135 cm³/mol. The molecule has 1 atom stereocenters. The maximum atomic E-state index is 14.9. The maximum Gasteiger partial charge on any atom is 0.296 e. The number of hydrogen-bond donors (Lipinski definition) is 1. The van der Waals surface area contributed by atoms with Crippen molar-refractivity contribution in [3.8, 4) is 5.69 Å². The summed E-state index contributed by atoms with van der Waals surface area (Å²) in [6.45, 7) is 5.87. The molecule has 1 N–H and O–H groups in total. The second-order valence-corrected chi connectivity index (χ2v) is 10.9. The Morgan fingerprint density at radius 1 is 0.912 bits per heavy atom. The largest absolute Gasteiger partial charge is 0.317 e. The normalized spacial score (nSPS) is 17.3. The molecule has 34 heavy (non-hydrogen) atoms. The number of nitrogens with zero attached hydrogens (tertiary/aromatic N) is 4. The van der Waals surface area contributed by atoms with Gasteiger partial charge < -0.3 is 5.09 Å². The van der Waals surface area contributed by atoms with Crippen molar-refractivity contribution in [2.75, 3.05) is 12.1 Å². The fourth-order valence-electron chi connectivity index (χ4n) is 4.16. The first kappa shape index (κ1) is 22.1. The van der Waals surface area contributed by atoms with Gasteiger partial charge in [-0.3, -0.25) is 9.24 Å². The summed E-state index contributed by atoms with van der Waals surface area (Å²) in [4.78, 5) is 4.81. The lowest BCUT2D eigenvalue weighted by Crippen LogP contribution is -2.37. The summed E-state index contributed by atoms with van der Waals surface area (Å²) in [7, 11) is -1.84. The van der Waals surface area contributed by atoms with Crippen molar-refractivity contribution >= 4 is 30.1 Å². The number of para-hydroxylation sites is 1. The lowest BCUT2D eigenvalue weighted by Gasteiger charge is -2.35. The van der Waals surface area contributed by atoms with E-state index in [1.807, 2.05) is 69.3 Å². The van der Waals surface area contributed by atoms with E-state index >= 15 is 0 Å². The number of nitrogens with one attached hydrogen (secondary N) is 1. The standard InChI is InChI=1S/C26H25FN5OP/c1-17-14-15-20(16-18(17)2)30-34(33)24-19(3)29-32(21-10-6-5-7-11-21)26(24)28-25(31(34)4)22-12-8-9-13-23(22)27/h5-16H,1-4H3,(H,30,33)/t34-/m0/s1. The summed E-state index contributed by atoms with van der Waals surface area (Å²) in [6.07, 6.45) is 0. The molecule has 1 aliphatic heterocycles. The summed E-state index contributed by atoms with van der Waals surface area (Å²) in [5.41, 5.74) is 4.59. The average Bonchev–Trinajstić information content (AvgIpc) is 3.17. The van der Waals surface area contributed by atoms with Gasteiger partial charge in [-0.1, -0.05) is 36.4 Å². The van der Waals surface area contributed by atoms with E-state index in [2.05, 4.69) is 5.09 Å². The van der Waals surface area contributed by atoms with Gasteiger partial charge in [0.2, 0.25) is 0 Å². The first-order chi connectivity index (χ1) is 16.3. The molecular weight excluding hydrogens is 448 g/mol. The zero-order valence-electron chi connectivity index (χ0n) is 19.5. The molecule has 172 valence electrons. The number of aryl methyl sites for hydroxylation is 3. The Hall–Kier alpha value is -3.70. The lowest BCUT2D eigenvalue weighted by molar-refractivity contribution is 0.552. The van der Waals surface area contributed by atoms with Crippen LogP contribution >= 0.6 is 7.44 Å². The number of benzene rings is 3. The van der Waals surface area contributed by atoms with Crippen LogP contribution in [0.1, 0.15) is 22.4 Å². The van der Waals surface area contributed by atoms with Crippen LogP contribution in [0.4, 0.5) is 15.9 Å². The van der Waals surface area contributed by atoms with Gasteiger partial charge in [0.15, 0.2) is 5.82 Å². The van der Waals surface area contributed by atoms with E-state index in [9.17, 15) is 8.96 Å². The van der Waals surface area contributed by atoms with Gasteiger partial charge in [0.1, 0.15) is 17.0 Å². The summed E-state index contributed by atoms with van der Waals surface area (Å²) >= 11 is 0. The molecule has 0 saturated carbocycles. The molecule has 0 radical (unpaired) electrons. The zero-order chi connectivity index (χ0) is 24.0. The number of halogens is 1. The zero-order valence-corrected chi connectivity index (χ0v) is 20.3. The van der Waals surface area contributed by atoms with E-state index in [0.29, 0.717) is 22.5 Å². The summed E-state index contributed by atoms with van der Waals surface area (Å²) in [6, 6.07) is 21.8. The van der Waals surface area contributed by atoms with Gasteiger partial charge in [-0.25, -0.2) is 14.1 Å². The maximum absolute atomic E-state index is 14.9. The van der Waals surface area contributed by atoms with Crippen LogP contribution in [0.5, 0.6) is 0 Å². The molecule has 2 heterocycles. The third kappa shape index (κ3) is 3.53. The van der Waals surface area contributed by atoms with Crippen LogP contribution in [0.2, 0.25) is 0 Å². The smallest absolute Gasteiger partial charge is 0.296 e. The third-order valence-corrected chi connectivity index (χ3v) is 8.88. The first-order valence-corrected chi connectivity index (χ1v) is 12.6. The average molecular weight is 473 g/mol. The Morgan fingerprint density at radius 3 is 2.32 bits per heavy atom. The molecule has 0 bridgehead atoms. The highest BCUT2D eigenvalue weighted by atomic mass is 31.2. The second-order valence-electron chi connectivity index (χ2n) is 8.43. The van der Waals surface area contributed by atoms with Crippen LogP contribution in [0.3, 0.4) is 0 Å². The molecular formula is C26H25FN5OP. The lowest BCUT2D eigenvalue weighted by atomic mass is 10.1. The van der Waals surface area contributed by atoms with Crippen molar-refractivity contribution < 1.29 is 8.96 Å². The van der Waals surface area contributed by atoms with Crippen molar-refractivity contribution in [1.82, 2.24) is 14.5 Å². The van der Waals surface area contributed by atoms with Crippen molar-refractivity contribution in [3.05, 3.63) is 101 Å². The number of fused-ring (bicyclic) bond motifs is 1. The van der Waals surface area contributed by atoms with Gasteiger partial charge in [-0.15, -0.1) is 0 Å². The van der Waals surface area contributed by atoms with Crippen molar-refractivity contribution in [2.45, 2.75) is 20.8 Å². The highest BCUT2D eigenvalue weighted by Gasteiger charge is 2.43. The number of aromatic nitrogens is 2. The predicted octanol–water partition coefficient (Wildman–Crippen LogP) is 5.89.